The third-order valence-corrected chi connectivity index (χ3v) is 4.50. The lowest BCUT2D eigenvalue weighted by molar-refractivity contribution is -0.253. The second-order valence-electron chi connectivity index (χ2n) is 6.48. The van der Waals surface area contributed by atoms with Crippen LogP contribution in [0.5, 0.6) is 0 Å². The molecule has 2 heterocycles. The summed E-state index contributed by atoms with van der Waals surface area (Å²) in [7, 11) is 0. The zero-order valence-electron chi connectivity index (χ0n) is 15.3. The van der Waals surface area contributed by atoms with Crippen LogP contribution in [-0.4, -0.2) is 121 Å². The van der Waals surface area contributed by atoms with Crippen molar-refractivity contribution in [2.45, 2.75) is 74.6 Å². The van der Waals surface area contributed by atoms with Gasteiger partial charge in [0.2, 0.25) is 5.91 Å². The van der Waals surface area contributed by atoms with Gasteiger partial charge in [0.15, 0.2) is 12.6 Å². The van der Waals surface area contributed by atoms with Gasteiger partial charge >= 0.3 is 0 Å². The highest BCUT2D eigenvalue weighted by Gasteiger charge is 2.44. The third-order valence-electron chi connectivity index (χ3n) is 4.50. The standard InChI is InChI=1S/C9H17NO6.C6H13NO5/c1-2-5(12)10-6-8(14)7(13)4(3-11)16-9(6)15;7-3-5(10)4(9)2(1-8)12-6(3)11/h4,6-9,11,13-15H,2-3H2,1H3,(H,10,12);2-6,8-11H,1,7H2/t4-,6-,7-,8-,9?;2-,3-,4-,5-,6?/m11/s1. The Bertz CT molecular complexity index is 480. The van der Waals surface area contributed by atoms with Gasteiger partial charge in [-0.25, -0.2) is 0 Å². The molecule has 0 saturated carbocycles. The topological polar surface area (TPSA) is 235 Å². The van der Waals surface area contributed by atoms with E-state index in [1.165, 1.54) is 0 Å². The number of amides is 1. The average molecular weight is 414 g/mol. The molecule has 28 heavy (non-hydrogen) atoms. The first-order valence-electron chi connectivity index (χ1n) is 8.74. The SMILES string of the molecule is CCC(=O)N[C@H]1C(O)O[C@H](CO)[C@@H](O)[C@@H]1O.N[C@H]1C(O)O[C@H](CO)[C@@H](O)[C@@H]1O. The highest BCUT2D eigenvalue weighted by molar-refractivity contribution is 5.76. The first-order valence-corrected chi connectivity index (χ1v) is 8.74. The molecule has 0 spiro atoms. The highest BCUT2D eigenvalue weighted by atomic mass is 16.6. The summed E-state index contributed by atoms with van der Waals surface area (Å²) in [6.07, 6.45) is -9.90. The molecule has 166 valence electrons. The van der Waals surface area contributed by atoms with Crippen LogP contribution in [0.1, 0.15) is 13.3 Å². The van der Waals surface area contributed by atoms with Crippen LogP contribution in [-0.2, 0) is 14.3 Å². The van der Waals surface area contributed by atoms with Crippen molar-refractivity contribution in [3.05, 3.63) is 0 Å². The summed E-state index contributed by atoms with van der Waals surface area (Å²) in [5.74, 6) is -0.374. The van der Waals surface area contributed by atoms with Gasteiger partial charge in [0, 0.05) is 6.42 Å². The number of aliphatic hydroxyl groups excluding tert-OH is 8. The lowest BCUT2D eigenvalue weighted by atomic mass is 9.97. The number of nitrogens with two attached hydrogens (primary N) is 1. The second-order valence-corrected chi connectivity index (χ2v) is 6.48. The number of nitrogens with one attached hydrogen (secondary N) is 1. The van der Waals surface area contributed by atoms with Crippen molar-refractivity contribution in [2.24, 2.45) is 5.73 Å². The minimum Gasteiger partial charge on any atom is -0.394 e. The molecule has 0 aliphatic carbocycles. The van der Waals surface area contributed by atoms with Gasteiger partial charge in [-0.1, -0.05) is 6.92 Å². The minimum atomic E-state index is -1.45. The zero-order valence-corrected chi connectivity index (χ0v) is 15.3. The van der Waals surface area contributed by atoms with E-state index in [-0.39, 0.29) is 12.3 Å². The van der Waals surface area contributed by atoms with Gasteiger partial charge in [0.25, 0.3) is 0 Å². The molecule has 2 unspecified atom stereocenters. The molecule has 1 amide bonds. The van der Waals surface area contributed by atoms with Crippen LogP contribution in [0.25, 0.3) is 0 Å². The van der Waals surface area contributed by atoms with Crippen LogP contribution in [0.4, 0.5) is 0 Å². The van der Waals surface area contributed by atoms with Gasteiger partial charge in [-0.05, 0) is 0 Å². The molecule has 13 heteroatoms. The number of carbonyl (C=O) groups is 1. The third kappa shape index (κ3) is 6.01. The molecule has 0 aromatic carbocycles. The Morgan fingerprint density at radius 2 is 1.32 bits per heavy atom. The first kappa shape index (κ1) is 25.1. The number of hydrogen-bond acceptors (Lipinski definition) is 12. The summed E-state index contributed by atoms with van der Waals surface area (Å²) in [4.78, 5) is 11.1. The second kappa shape index (κ2) is 11.3. The fourth-order valence-electron chi connectivity index (χ4n) is 2.66. The van der Waals surface area contributed by atoms with Crippen molar-refractivity contribution in [3.8, 4) is 0 Å². The van der Waals surface area contributed by atoms with Crippen molar-refractivity contribution < 1.29 is 55.1 Å². The Morgan fingerprint density at radius 1 is 0.857 bits per heavy atom. The van der Waals surface area contributed by atoms with E-state index in [1.54, 1.807) is 6.92 Å². The van der Waals surface area contributed by atoms with E-state index in [2.05, 4.69) is 5.32 Å². The first-order chi connectivity index (χ1) is 13.1. The van der Waals surface area contributed by atoms with Gasteiger partial charge in [0.1, 0.15) is 42.7 Å². The van der Waals surface area contributed by atoms with Crippen molar-refractivity contribution in [1.29, 1.82) is 0 Å². The van der Waals surface area contributed by atoms with E-state index < -0.39 is 74.5 Å². The fourth-order valence-corrected chi connectivity index (χ4v) is 2.66. The molecule has 2 aliphatic heterocycles. The maximum Gasteiger partial charge on any atom is 0.220 e. The van der Waals surface area contributed by atoms with Gasteiger partial charge in [-0.15, -0.1) is 0 Å². The van der Waals surface area contributed by atoms with Crippen molar-refractivity contribution in [3.63, 3.8) is 0 Å². The van der Waals surface area contributed by atoms with Crippen molar-refractivity contribution in [1.82, 2.24) is 5.32 Å². The predicted molar refractivity (Wildman–Crippen MR) is 90.2 cm³/mol. The number of rotatable bonds is 4. The largest absolute Gasteiger partial charge is 0.394 e. The molecule has 2 saturated heterocycles. The van der Waals surface area contributed by atoms with Crippen molar-refractivity contribution >= 4 is 5.91 Å². The number of hydrogen-bond donors (Lipinski definition) is 10. The molecule has 13 nitrogen and oxygen atoms in total. The quantitative estimate of drug-likeness (QED) is 0.207. The number of ether oxygens (including phenoxy) is 2. The van der Waals surface area contributed by atoms with E-state index in [0.29, 0.717) is 0 Å². The summed E-state index contributed by atoms with van der Waals surface area (Å²) < 4.78 is 9.56. The molecule has 2 aliphatic rings. The maximum atomic E-state index is 11.1. The smallest absolute Gasteiger partial charge is 0.220 e. The van der Waals surface area contributed by atoms with Crippen LogP contribution in [0, 0.1) is 0 Å². The van der Waals surface area contributed by atoms with Crippen LogP contribution >= 0.6 is 0 Å². The summed E-state index contributed by atoms with van der Waals surface area (Å²) >= 11 is 0. The molecular weight excluding hydrogens is 384 g/mol. The fraction of sp³-hybridized carbons (Fsp3) is 0.933. The Morgan fingerprint density at radius 3 is 1.79 bits per heavy atom. The summed E-state index contributed by atoms with van der Waals surface area (Å²) in [6.45, 7) is 0.622. The zero-order chi connectivity index (χ0) is 21.6. The average Bonchev–Trinajstić information content (AvgIpc) is 2.69. The Labute approximate surface area is 160 Å². The summed E-state index contributed by atoms with van der Waals surface area (Å²) in [5, 5.41) is 75.9. The number of aliphatic hydroxyl groups is 8. The molecule has 11 N–H and O–H groups in total. The molecule has 10 atom stereocenters. The molecule has 0 aromatic heterocycles. The van der Waals surface area contributed by atoms with Gasteiger partial charge < -0.3 is 61.4 Å². The monoisotopic (exact) mass is 414 g/mol. The highest BCUT2D eigenvalue weighted by Crippen LogP contribution is 2.20. The van der Waals surface area contributed by atoms with Crippen LogP contribution in [0.2, 0.25) is 0 Å². The molecule has 0 aromatic rings. The summed E-state index contributed by atoms with van der Waals surface area (Å²) in [5.41, 5.74) is 5.26. The predicted octanol–water partition coefficient (Wildman–Crippen LogP) is -5.94. The molecular formula is C15H30N2O11. The number of carbonyl (C=O) groups excluding carboxylic acids is 1. The normalized spacial score (nSPS) is 43.6. The van der Waals surface area contributed by atoms with E-state index >= 15 is 0 Å². The Hall–Kier alpha value is -0.970. The summed E-state index contributed by atoms with van der Waals surface area (Å²) in [6, 6.07) is -2.13. The molecule has 0 bridgehead atoms. The molecule has 0 radical (unpaired) electrons. The van der Waals surface area contributed by atoms with Crippen LogP contribution < -0.4 is 11.1 Å². The van der Waals surface area contributed by atoms with Crippen LogP contribution in [0.3, 0.4) is 0 Å². The van der Waals surface area contributed by atoms with Crippen LogP contribution in [0.15, 0.2) is 0 Å². The van der Waals surface area contributed by atoms with Gasteiger partial charge in [0.05, 0.1) is 19.3 Å². The van der Waals surface area contributed by atoms with E-state index in [4.69, 9.17) is 30.5 Å². The van der Waals surface area contributed by atoms with Crippen molar-refractivity contribution in [2.75, 3.05) is 13.2 Å². The van der Waals surface area contributed by atoms with E-state index in [0.717, 1.165) is 0 Å². The minimum absolute atomic E-state index is 0.190. The Kier molecular flexibility index (Phi) is 10.1. The molecule has 2 rings (SSSR count). The van der Waals surface area contributed by atoms with Gasteiger partial charge in [-0.3, -0.25) is 4.79 Å². The van der Waals surface area contributed by atoms with Gasteiger partial charge in [-0.2, -0.15) is 0 Å². The van der Waals surface area contributed by atoms with E-state index in [9.17, 15) is 30.3 Å². The maximum absolute atomic E-state index is 11.1. The molecule has 2 fully saturated rings. The lowest BCUT2D eigenvalue weighted by Gasteiger charge is -2.40. The van der Waals surface area contributed by atoms with E-state index in [1.807, 2.05) is 0 Å². The lowest BCUT2D eigenvalue weighted by Crippen LogP contribution is -2.64. The Balaban J connectivity index is 0.000000292.